The predicted octanol–water partition coefficient (Wildman–Crippen LogP) is 4.42. The lowest BCUT2D eigenvalue weighted by atomic mass is 9.99. The third-order valence-electron chi connectivity index (χ3n) is 3.43. The van der Waals surface area contributed by atoms with E-state index in [2.05, 4.69) is 21.2 Å². The van der Waals surface area contributed by atoms with E-state index >= 15 is 0 Å². The van der Waals surface area contributed by atoms with Crippen LogP contribution in [-0.4, -0.2) is 12.5 Å². The highest BCUT2D eigenvalue weighted by atomic mass is 79.9. The molecule has 3 rings (SSSR count). The lowest BCUT2D eigenvalue weighted by Crippen LogP contribution is -2.25. The van der Waals surface area contributed by atoms with Crippen molar-refractivity contribution in [2.45, 2.75) is 12.3 Å². The van der Waals surface area contributed by atoms with Crippen LogP contribution >= 0.6 is 27.5 Å². The van der Waals surface area contributed by atoms with Crippen molar-refractivity contribution in [1.82, 2.24) is 0 Å². The van der Waals surface area contributed by atoms with Crippen LogP contribution in [0.3, 0.4) is 0 Å². The van der Waals surface area contributed by atoms with Gasteiger partial charge in [-0.3, -0.25) is 4.79 Å². The molecule has 1 atom stereocenters. The number of halogens is 2. The Morgan fingerprint density at radius 2 is 2.10 bits per heavy atom. The molecule has 0 saturated carbocycles. The predicted molar refractivity (Wildman–Crippen MR) is 87.1 cm³/mol. The van der Waals surface area contributed by atoms with E-state index in [9.17, 15) is 4.79 Å². The van der Waals surface area contributed by atoms with Gasteiger partial charge in [-0.25, -0.2) is 0 Å². The largest absolute Gasteiger partial charge is 0.482 e. The summed E-state index contributed by atoms with van der Waals surface area (Å²) in [7, 11) is 0. The number of fused-ring (bicyclic) bond motifs is 1. The van der Waals surface area contributed by atoms with E-state index in [-0.39, 0.29) is 17.9 Å². The number of aryl methyl sites for hydroxylation is 1. The third kappa shape index (κ3) is 2.92. The van der Waals surface area contributed by atoms with Gasteiger partial charge in [-0.15, -0.1) is 11.6 Å². The van der Waals surface area contributed by atoms with E-state index in [0.717, 1.165) is 21.2 Å². The second-order valence-corrected chi connectivity index (χ2v) is 6.31. The molecule has 1 aliphatic heterocycles. The number of carbonyl (C=O) groups is 1. The molecular formula is C16H13BrClNO2. The Kier molecular flexibility index (Phi) is 3.91. The van der Waals surface area contributed by atoms with Gasteiger partial charge in [-0.1, -0.05) is 28.1 Å². The van der Waals surface area contributed by atoms with Gasteiger partial charge in [0.2, 0.25) is 0 Å². The SMILES string of the molecule is Cc1cc(Br)ccc1C(Cl)c1ccc2c(c1)NC(=O)CO2. The molecule has 1 aliphatic rings. The second kappa shape index (κ2) is 5.70. The van der Waals surface area contributed by atoms with Gasteiger partial charge in [0.15, 0.2) is 6.61 Å². The summed E-state index contributed by atoms with van der Waals surface area (Å²) in [5, 5.41) is 2.52. The van der Waals surface area contributed by atoms with E-state index in [1.165, 1.54) is 0 Å². The van der Waals surface area contributed by atoms with Gasteiger partial charge in [0.05, 0.1) is 11.1 Å². The van der Waals surface area contributed by atoms with Crippen LogP contribution in [0.15, 0.2) is 40.9 Å². The molecule has 1 heterocycles. The maximum absolute atomic E-state index is 11.4. The Balaban J connectivity index is 1.96. The summed E-state index contributed by atoms with van der Waals surface area (Å²) < 4.78 is 6.38. The first-order valence-corrected chi connectivity index (χ1v) is 7.74. The normalized spacial score (nSPS) is 14.9. The minimum absolute atomic E-state index is 0.0580. The monoisotopic (exact) mass is 365 g/mol. The van der Waals surface area contributed by atoms with Crippen LogP contribution in [0.2, 0.25) is 0 Å². The first kappa shape index (κ1) is 14.4. The maximum atomic E-state index is 11.4. The first-order valence-electron chi connectivity index (χ1n) is 6.51. The number of ether oxygens (including phenoxy) is 1. The summed E-state index contributed by atoms with van der Waals surface area (Å²) in [5.74, 6) is 0.528. The summed E-state index contributed by atoms with van der Waals surface area (Å²) in [4.78, 5) is 11.4. The molecule has 108 valence electrons. The Hall–Kier alpha value is -1.52. The quantitative estimate of drug-likeness (QED) is 0.799. The molecule has 0 aromatic heterocycles. The van der Waals surface area contributed by atoms with Crippen LogP contribution in [0.4, 0.5) is 5.69 Å². The van der Waals surface area contributed by atoms with Gasteiger partial charge >= 0.3 is 0 Å². The van der Waals surface area contributed by atoms with E-state index in [0.29, 0.717) is 11.4 Å². The Morgan fingerprint density at radius 3 is 2.86 bits per heavy atom. The highest BCUT2D eigenvalue weighted by Gasteiger charge is 2.19. The van der Waals surface area contributed by atoms with Crippen molar-refractivity contribution in [3.8, 4) is 5.75 Å². The number of alkyl halides is 1. The third-order valence-corrected chi connectivity index (χ3v) is 4.41. The lowest BCUT2D eigenvalue weighted by Gasteiger charge is -2.20. The minimum Gasteiger partial charge on any atom is -0.482 e. The van der Waals surface area contributed by atoms with Crippen LogP contribution < -0.4 is 10.1 Å². The van der Waals surface area contributed by atoms with Crippen LogP contribution in [-0.2, 0) is 4.79 Å². The molecule has 0 spiro atoms. The van der Waals surface area contributed by atoms with Gasteiger partial charge in [0.1, 0.15) is 5.75 Å². The summed E-state index contributed by atoms with van der Waals surface area (Å²) in [6.45, 7) is 2.08. The number of rotatable bonds is 2. The zero-order chi connectivity index (χ0) is 15.0. The van der Waals surface area contributed by atoms with E-state index < -0.39 is 0 Å². The number of benzene rings is 2. The van der Waals surface area contributed by atoms with E-state index in [1.54, 1.807) is 0 Å². The Morgan fingerprint density at radius 1 is 1.29 bits per heavy atom. The Labute approximate surface area is 136 Å². The molecule has 0 bridgehead atoms. The molecule has 1 unspecified atom stereocenters. The molecular weight excluding hydrogens is 354 g/mol. The van der Waals surface area contributed by atoms with Crippen LogP contribution in [0.5, 0.6) is 5.75 Å². The van der Waals surface area contributed by atoms with E-state index in [1.807, 2.05) is 43.3 Å². The zero-order valence-corrected chi connectivity index (χ0v) is 13.7. The van der Waals surface area contributed by atoms with Crippen molar-refractivity contribution in [2.75, 3.05) is 11.9 Å². The van der Waals surface area contributed by atoms with Crippen LogP contribution in [0.25, 0.3) is 0 Å². The summed E-state index contributed by atoms with van der Waals surface area (Å²) in [5.41, 5.74) is 3.75. The fourth-order valence-corrected chi connectivity index (χ4v) is 3.22. The molecule has 3 nitrogen and oxygen atoms in total. The van der Waals surface area contributed by atoms with Crippen molar-refractivity contribution in [2.24, 2.45) is 0 Å². The van der Waals surface area contributed by atoms with Crippen molar-refractivity contribution in [3.63, 3.8) is 0 Å². The number of hydrogen-bond donors (Lipinski definition) is 1. The van der Waals surface area contributed by atoms with Gasteiger partial charge in [0, 0.05) is 4.47 Å². The molecule has 0 fully saturated rings. The van der Waals surface area contributed by atoms with E-state index in [4.69, 9.17) is 16.3 Å². The molecule has 0 radical (unpaired) electrons. The molecule has 2 aromatic carbocycles. The molecule has 2 aromatic rings. The molecule has 5 heteroatoms. The maximum Gasteiger partial charge on any atom is 0.262 e. The van der Waals surface area contributed by atoms with Crippen molar-refractivity contribution < 1.29 is 9.53 Å². The number of anilines is 1. The van der Waals surface area contributed by atoms with Gasteiger partial charge in [-0.2, -0.15) is 0 Å². The Bertz CT molecular complexity index is 717. The topological polar surface area (TPSA) is 38.3 Å². The standard InChI is InChI=1S/C16H13BrClNO2/c1-9-6-11(17)3-4-12(9)16(18)10-2-5-14-13(7-10)19-15(20)8-21-14/h2-7,16H,8H2,1H3,(H,19,20). The second-order valence-electron chi connectivity index (χ2n) is 4.96. The number of carbonyl (C=O) groups excluding carboxylic acids is 1. The molecule has 1 amide bonds. The smallest absolute Gasteiger partial charge is 0.262 e. The number of amides is 1. The minimum atomic E-state index is -0.276. The number of hydrogen-bond acceptors (Lipinski definition) is 2. The molecule has 1 N–H and O–H groups in total. The average Bonchev–Trinajstić information content (AvgIpc) is 2.46. The first-order chi connectivity index (χ1) is 10.0. The molecule has 21 heavy (non-hydrogen) atoms. The summed E-state index contributed by atoms with van der Waals surface area (Å²) >= 11 is 10.0. The average molecular weight is 367 g/mol. The van der Waals surface area contributed by atoms with Crippen molar-refractivity contribution in [1.29, 1.82) is 0 Å². The van der Waals surface area contributed by atoms with Crippen molar-refractivity contribution in [3.05, 3.63) is 57.6 Å². The highest BCUT2D eigenvalue weighted by molar-refractivity contribution is 9.10. The molecule has 0 aliphatic carbocycles. The zero-order valence-electron chi connectivity index (χ0n) is 11.3. The fraction of sp³-hybridized carbons (Fsp3) is 0.188. The highest BCUT2D eigenvalue weighted by Crippen LogP contribution is 2.37. The molecule has 0 saturated heterocycles. The van der Waals surface area contributed by atoms with Gasteiger partial charge in [-0.05, 0) is 47.9 Å². The van der Waals surface area contributed by atoms with Crippen LogP contribution in [0.1, 0.15) is 22.1 Å². The van der Waals surface area contributed by atoms with Crippen molar-refractivity contribution >= 4 is 39.1 Å². The van der Waals surface area contributed by atoms with Gasteiger partial charge < -0.3 is 10.1 Å². The summed E-state index contributed by atoms with van der Waals surface area (Å²) in [6.07, 6.45) is 0. The van der Waals surface area contributed by atoms with Gasteiger partial charge in [0.25, 0.3) is 5.91 Å². The fourth-order valence-electron chi connectivity index (χ4n) is 2.36. The summed E-state index contributed by atoms with van der Waals surface area (Å²) in [6, 6.07) is 11.6. The lowest BCUT2D eigenvalue weighted by molar-refractivity contribution is -0.118. The van der Waals surface area contributed by atoms with Crippen LogP contribution in [0, 0.1) is 6.92 Å². The number of nitrogens with one attached hydrogen (secondary N) is 1.